The smallest absolute Gasteiger partial charge is 0.191 e. The first-order chi connectivity index (χ1) is 9.28. The van der Waals surface area contributed by atoms with E-state index in [0.717, 1.165) is 17.5 Å². The molecule has 0 spiro atoms. The lowest BCUT2D eigenvalue weighted by Crippen LogP contribution is -2.44. The van der Waals surface area contributed by atoms with Gasteiger partial charge in [0.2, 0.25) is 0 Å². The maximum Gasteiger partial charge on any atom is 0.191 e. The summed E-state index contributed by atoms with van der Waals surface area (Å²) in [4.78, 5) is 10.2. The predicted octanol–water partition coefficient (Wildman–Crippen LogP) is 2.84. The Hall–Kier alpha value is -1.10. The van der Waals surface area contributed by atoms with Gasteiger partial charge in [-0.2, -0.15) is 0 Å². The molecular formula is C14H24N4S. The number of guanidine groups is 1. The largest absolute Gasteiger partial charge is 0.357 e. The Bertz CT molecular complexity index is 407. The molecule has 5 heteroatoms. The number of aromatic nitrogens is 1. The lowest BCUT2D eigenvalue weighted by molar-refractivity contribution is 0.410. The normalized spacial score (nSPS) is 17.5. The van der Waals surface area contributed by atoms with Crippen LogP contribution in [0.25, 0.3) is 0 Å². The van der Waals surface area contributed by atoms with Gasteiger partial charge < -0.3 is 10.6 Å². The van der Waals surface area contributed by atoms with Crippen LogP contribution in [0.4, 0.5) is 0 Å². The van der Waals surface area contributed by atoms with Crippen molar-refractivity contribution in [3.8, 4) is 0 Å². The van der Waals surface area contributed by atoms with E-state index < -0.39 is 0 Å². The van der Waals surface area contributed by atoms with Gasteiger partial charge in [0.1, 0.15) is 5.01 Å². The van der Waals surface area contributed by atoms with Gasteiger partial charge in [-0.05, 0) is 26.7 Å². The molecule has 1 aromatic heterocycles. The van der Waals surface area contributed by atoms with E-state index in [2.05, 4.69) is 34.5 Å². The number of rotatable bonds is 4. The lowest BCUT2D eigenvalue weighted by atomic mass is 9.96. The molecule has 1 saturated carbocycles. The number of nitrogens with one attached hydrogen (secondary N) is 2. The van der Waals surface area contributed by atoms with Crippen LogP contribution in [-0.4, -0.2) is 23.5 Å². The molecular weight excluding hydrogens is 256 g/mol. The second-order valence-corrected chi connectivity index (χ2v) is 6.36. The summed E-state index contributed by atoms with van der Waals surface area (Å²) in [5.74, 6) is 0.933. The number of hydrogen-bond donors (Lipinski definition) is 2. The van der Waals surface area contributed by atoms with Crippen molar-refractivity contribution >= 4 is 17.3 Å². The molecule has 19 heavy (non-hydrogen) atoms. The molecule has 0 aromatic carbocycles. The Morgan fingerprint density at radius 1 is 1.42 bits per heavy atom. The molecule has 0 radical (unpaired) electrons. The van der Waals surface area contributed by atoms with Gasteiger partial charge in [-0.3, -0.25) is 0 Å². The molecule has 0 saturated heterocycles. The summed E-state index contributed by atoms with van der Waals surface area (Å²) in [5, 5.41) is 7.95. The maximum atomic E-state index is 4.63. The first-order valence-corrected chi connectivity index (χ1v) is 8.05. The van der Waals surface area contributed by atoms with Gasteiger partial charge in [-0.15, -0.1) is 11.3 Å². The average molecular weight is 280 g/mol. The summed E-state index contributed by atoms with van der Waals surface area (Å²) >= 11 is 1.72. The van der Waals surface area contributed by atoms with Crippen molar-refractivity contribution < 1.29 is 0 Å². The highest BCUT2D eigenvalue weighted by atomic mass is 32.1. The van der Waals surface area contributed by atoms with Crippen molar-refractivity contribution in [3.05, 3.63) is 16.1 Å². The molecule has 0 atom stereocenters. The minimum absolute atomic E-state index is 0.588. The first-order valence-electron chi connectivity index (χ1n) is 7.24. The summed E-state index contributed by atoms with van der Waals surface area (Å²) in [7, 11) is 0. The van der Waals surface area contributed by atoms with E-state index in [4.69, 9.17) is 0 Å². The highest BCUT2D eigenvalue weighted by Crippen LogP contribution is 2.17. The molecule has 2 N–H and O–H groups in total. The van der Waals surface area contributed by atoms with Crippen molar-refractivity contribution in [1.29, 1.82) is 0 Å². The Kier molecular flexibility index (Phi) is 5.63. The van der Waals surface area contributed by atoms with E-state index >= 15 is 0 Å². The SMILES string of the molecule is CCNC(=NCc1ncc(C)s1)NC1CCCCC1. The minimum Gasteiger partial charge on any atom is -0.357 e. The highest BCUT2D eigenvalue weighted by Gasteiger charge is 2.14. The maximum absolute atomic E-state index is 4.63. The molecule has 1 fully saturated rings. The minimum atomic E-state index is 0.588. The van der Waals surface area contributed by atoms with E-state index in [1.807, 2.05) is 6.20 Å². The summed E-state index contributed by atoms with van der Waals surface area (Å²) in [6.07, 6.45) is 8.49. The Morgan fingerprint density at radius 3 is 2.84 bits per heavy atom. The van der Waals surface area contributed by atoms with Crippen LogP contribution in [-0.2, 0) is 6.54 Å². The Balaban J connectivity index is 1.90. The van der Waals surface area contributed by atoms with Crippen molar-refractivity contribution in [1.82, 2.24) is 15.6 Å². The van der Waals surface area contributed by atoms with Gasteiger partial charge in [0.15, 0.2) is 5.96 Å². The summed E-state index contributed by atoms with van der Waals surface area (Å²) in [6.45, 7) is 5.75. The molecule has 1 heterocycles. The van der Waals surface area contributed by atoms with Gasteiger partial charge in [-0.25, -0.2) is 9.98 Å². The van der Waals surface area contributed by atoms with Crippen molar-refractivity contribution in [3.63, 3.8) is 0 Å². The molecule has 1 aliphatic rings. The van der Waals surface area contributed by atoms with E-state index in [9.17, 15) is 0 Å². The van der Waals surface area contributed by atoms with E-state index in [-0.39, 0.29) is 0 Å². The fourth-order valence-corrected chi connectivity index (χ4v) is 3.09. The number of aliphatic imine (C=N–C) groups is 1. The summed E-state index contributed by atoms with van der Waals surface area (Å²) in [6, 6.07) is 0.588. The second kappa shape index (κ2) is 7.48. The zero-order valence-corrected chi connectivity index (χ0v) is 12.7. The molecule has 1 aliphatic carbocycles. The molecule has 106 valence electrons. The Morgan fingerprint density at radius 2 is 2.21 bits per heavy atom. The molecule has 1 aromatic rings. The van der Waals surface area contributed by atoms with Crippen LogP contribution in [0.5, 0.6) is 0 Å². The summed E-state index contributed by atoms with van der Waals surface area (Å²) < 4.78 is 0. The number of thiazole rings is 1. The zero-order chi connectivity index (χ0) is 13.5. The quantitative estimate of drug-likeness (QED) is 0.658. The molecule has 0 aliphatic heterocycles. The number of nitrogens with zero attached hydrogens (tertiary/aromatic N) is 2. The zero-order valence-electron chi connectivity index (χ0n) is 11.9. The van der Waals surface area contributed by atoms with Gasteiger partial charge >= 0.3 is 0 Å². The van der Waals surface area contributed by atoms with Crippen LogP contribution in [0.15, 0.2) is 11.2 Å². The predicted molar refractivity (Wildman–Crippen MR) is 81.7 cm³/mol. The fourth-order valence-electron chi connectivity index (χ4n) is 2.38. The second-order valence-electron chi connectivity index (χ2n) is 5.04. The monoisotopic (exact) mass is 280 g/mol. The summed E-state index contributed by atoms with van der Waals surface area (Å²) in [5.41, 5.74) is 0. The van der Waals surface area contributed by atoms with E-state index in [0.29, 0.717) is 12.6 Å². The molecule has 0 amide bonds. The fraction of sp³-hybridized carbons (Fsp3) is 0.714. The third-order valence-electron chi connectivity index (χ3n) is 3.33. The van der Waals surface area contributed by atoms with Crippen LogP contribution < -0.4 is 10.6 Å². The van der Waals surface area contributed by atoms with Gasteiger partial charge in [0.05, 0.1) is 6.54 Å². The van der Waals surface area contributed by atoms with Crippen molar-refractivity contribution in [2.75, 3.05) is 6.54 Å². The third kappa shape index (κ3) is 4.82. The van der Waals surface area contributed by atoms with Gasteiger partial charge in [0.25, 0.3) is 0 Å². The van der Waals surface area contributed by atoms with Crippen LogP contribution in [0, 0.1) is 6.92 Å². The van der Waals surface area contributed by atoms with Gasteiger partial charge in [-0.1, -0.05) is 19.3 Å². The standard InChI is InChI=1S/C14H24N4S/c1-3-15-14(18-12-7-5-4-6-8-12)17-10-13-16-9-11(2)19-13/h9,12H,3-8,10H2,1-2H3,(H2,15,17,18). The van der Waals surface area contributed by atoms with Crippen LogP contribution in [0.1, 0.15) is 48.9 Å². The third-order valence-corrected chi connectivity index (χ3v) is 4.23. The topological polar surface area (TPSA) is 49.3 Å². The average Bonchev–Trinajstić information content (AvgIpc) is 2.83. The molecule has 2 rings (SSSR count). The first kappa shape index (κ1) is 14.3. The Labute approximate surface area is 119 Å². The molecule has 0 bridgehead atoms. The molecule has 0 unspecified atom stereocenters. The van der Waals surface area contributed by atoms with Crippen molar-refractivity contribution in [2.45, 2.75) is 58.5 Å². The molecule has 4 nitrogen and oxygen atoms in total. The van der Waals surface area contributed by atoms with Crippen LogP contribution in [0.2, 0.25) is 0 Å². The highest BCUT2D eigenvalue weighted by molar-refractivity contribution is 7.11. The number of aryl methyl sites for hydroxylation is 1. The van der Waals surface area contributed by atoms with E-state index in [1.54, 1.807) is 11.3 Å². The van der Waals surface area contributed by atoms with E-state index in [1.165, 1.54) is 37.0 Å². The van der Waals surface area contributed by atoms with Crippen molar-refractivity contribution in [2.24, 2.45) is 4.99 Å². The van der Waals surface area contributed by atoms with Crippen LogP contribution in [0.3, 0.4) is 0 Å². The van der Waals surface area contributed by atoms with Crippen LogP contribution >= 0.6 is 11.3 Å². The van der Waals surface area contributed by atoms with Gasteiger partial charge in [0, 0.05) is 23.7 Å². The lowest BCUT2D eigenvalue weighted by Gasteiger charge is -2.24. The number of hydrogen-bond acceptors (Lipinski definition) is 3.